The van der Waals surface area contributed by atoms with Crippen LogP contribution < -0.4 is 10.3 Å². The number of H-pyrrole nitrogens is 1. The van der Waals surface area contributed by atoms with E-state index in [1.807, 2.05) is 36.4 Å². The summed E-state index contributed by atoms with van der Waals surface area (Å²) in [7, 11) is 1.64. The van der Waals surface area contributed by atoms with Gasteiger partial charge in [-0.3, -0.25) is 4.79 Å². The number of hydrogen-bond acceptors (Lipinski definition) is 4. The van der Waals surface area contributed by atoms with Crippen molar-refractivity contribution in [2.45, 2.75) is 13.3 Å². The normalized spacial score (nSPS) is 10.6. The SMILES string of the molecule is CCOC(=O)c1c(Cc2ccc3cc(OC)ccc3c2)cc[nH]c1=O. The van der Waals surface area contributed by atoms with Crippen molar-refractivity contribution < 1.29 is 14.3 Å². The standard InChI is InChI=1S/C20H19NO4/c1-3-25-20(23)18-16(8-9-21-19(18)22)11-13-4-5-15-12-17(24-2)7-6-14(15)10-13/h4-10,12H,3,11H2,1-2H3,(H,21,22). The van der Waals surface area contributed by atoms with Gasteiger partial charge in [0.15, 0.2) is 0 Å². The zero-order valence-electron chi connectivity index (χ0n) is 14.2. The van der Waals surface area contributed by atoms with E-state index in [1.54, 1.807) is 26.3 Å². The number of fused-ring (bicyclic) bond motifs is 1. The lowest BCUT2D eigenvalue weighted by atomic mass is 9.99. The van der Waals surface area contributed by atoms with Crippen molar-refractivity contribution >= 4 is 16.7 Å². The van der Waals surface area contributed by atoms with E-state index in [9.17, 15) is 9.59 Å². The van der Waals surface area contributed by atoms with Crippen molar-refractivity contribution in [2.75, 3.05) is 13.7 Å². The van der Waals surface area contributed by atoms with Gasteiger partial charge in [-0.25, -0.2) is 4.79 Å². The maximum atomic E-state index is 12.1. The largest absolute Gasteiger partial charge is 0.497 e. The second-order valence-electron chi connectivity index (χ2n) is 5.65. The van der Waals surface area contributed by atoms with Gasteiger partial charge in [-0.2, -0.15) is 0 Å². The van der Waals surface area contributed by atoms with E-state index >= 15 is 0 Å². The fourth-order valence-corrected chi connectivity index (χ4v) is 2.82. The molecule has 0 radical (unpaired) electrons. The van der Waals surface area contributed by atoms with E-state index in [2.05, 4.69) is 4.98 Å². The Hall–Kier alpha value is -3.08. The Morgan fingerprint density at radius 3 is 2.60 bits per heavy atom. The molecule has 0 bridgehead atoms. The molecule has 128 valence electrons. The topological polar surface area (TPSA) is 68.4 Å². The first-order valence-corrected chi connectivity index (χ1v) is 8.06. The van der Waals surface area contributed by atoms with E-state index < -0.39 is 11.5 Å². The molecule has 1 heterocycles. The maximum Gasteiger partial charge on any atom is 0.344 e. The lowest BCUT2D eigenvalue weighted by Gasteiger charge is -2.09. The first-order valence-electron chi connectivity index (χ1n) is 8.06. The Morgan fingerprint density at radius 1 is 1.08 bits per heavy atom. The second kappa shape index (κ2) is 7.21. The fraction of sp³-hybridized carbons (Fsp3) is 0.200. The average molecular weight is 337 g/mol. The Kier molecular flexibility index (Phi) is 4.84. The molecule has 1 N–H and O–H groups in total. The van der Waals surface area contributed by atoms with Crippen LogP contribution in [0.2, 0.25) is 0 Å². The number of carbonyl (C=O) groups is 1. The molecular weight excluding hydrogens is 318 g/mol. The molecular formula is C20H19NO4. The number of aromatic nitrogens is 1. The third-order valence-corrected chi connectivity index (χ3v) is 4.03. The number of benzene rings is 2. The van der Waals surface area contributed by atoms with Crippen LogP contribution in [0.5, 0.6) is 5.75 Å². The lowest BCUT2D eigenvalue weighted by molar-refractivity contribution is 0.0523. The zero-order chi connectivity index (χ0) is 17.8. The van der Waals surface area contributed by atoms with Gasteiger partial charge < -0.3 is 14.5 Å². The molecule has 1 aromatic heterocycles. The molecule has 0 aliphatic rings. The minimum absolute atomic E-state index is 0.0687. The number of rotatable bonds is 5. The quantitative estimate of drug-likeness (QED) is 0.725. The number of esters is 1. The number of methoxy groups -OCH3 is 1. The summed E-state index contributed by atoms with van der Waals surface area (Å²) in [5.74, 6) is 0.212. The van der Waals surface area contributed by atoms with Gasteiger partial charge in [0.25, 0.3) is 5.56 Å². The van der Waals surface area contributed by atoms with Crippen LogP contribution in [-0.4, -0.2) is 24.7 Å². The highest BCUT2D eigenvalue weighted by atomic mass is 16.5. The van der Waals surface area contributed by atoms with Crippen LogP contribution in [-0.2, 0) is 11.2 Å². The van der Waals surface area contributed by atoms with Crippen molar-refractivity contribution in [1.29, 1.82) is 0 Å². The molecule has 0 saturated carbocycles. The molecule has 0 fully saturated rings. The number of pyridine rings is 1. The molecule has 0 atom stereocenters. The molecule has 0 aliphatic carbocycles. The van der Waals surface area contributed by atoms with Gasteiger partial charge in [0, 0.05) is 6.20 Å². The number of ether oxygens (including phenoxy) is 2. The van der Waals surface area contributed by atoms with Gasteiger partial charge in [-0.1, -0.05) is 24.3 Å². The Labute approximate surface area is 145 Å². The summed E-state index contributed by atoms with van der Waals surface area (Å²) in [6.45, 7) is 1.94. The highest BCUT2D eigenvalue weighted by Crippen LogP contribution is 2.23. The van der Waals surface area contributed by atoms with Crippen LogP contribution in [0.25, 0.3) is 10.8 Å². The minimum Gasteiger partial charge on any atom is -0.497 e. The molecule has 2 aromatic carbocycles. The summed E-state index contributed by atoms with van der Waals surface area (Å²) < 4.78 is 10.2. The monoisotopic (exact) mass is 337 g/mol. The van der Waals surface area contributed by atoms with E-state index in [1.165, 1.54) is 0 Å². The van der Waals surface area contributed by atoms with Crippen LogP contribution in [0, 0.1) is 0 Å². The number of hydrogen-bond donors (Lipinski definition) is 1. The molecule has 3 aromatic rings. The molecule has 0 aliphatic heterocycles. The van der Waals surface area contributed by atoms with Gasteiger partial charge in [-0.05, 0) is 53.4 Å². The highest BCUT2D eigenvalue weighted by Gasteiger charge is 2.17. The van der Waals surface area contributed by atoms with Crippen molar-refractivity contribution in [3.63, 3.8) is 0 Å². The minimum atomic E-state index is -0.593. The van der Waals surface area contributed by atoms with Crippen molar-refractivity contribution in [1.82, 2.24) is 4.98 Å². The van der Waals surface area contributed by atoms with E-state index in [4.69, 9.17) is 9.47 Å². The third kappa shape index (κ3) is 3.55. The third-order valence-electron chi connectivity index (χ3n) is 4.03. The molecule has 0 saturated heterocycles. The zero-order valence-corrected chi connectivity index (χ0v) is 14.2. The van der Waals surface area contributed by atoms with E-state index in [0.29, 0.717) is 12.0 Å². The molecule has 5 heteroatoms. The van der Waals surface area contributed by atoms with Gasteiger partial charge in [-0.15, -0.1) is 0 Å². The van der Waals surface area contributed by atoms with Crippen LogP contribution in [0.4, 0.5) is 0 Å². The molecule has 0 unspecified atom stereocenters. The Balaban J connectivity index is 1.97. The van der Waals surface area contributed by atoms with Crippen LogP contribution >= 0.6 is 0 Å². The lowest BCUT2D eigenvalue weighted by Crippen LogP contribution is -2.22. The smallest absolute Gasteiger partial charge is 0.344 e. The summed E-state index contributed by atoms with van der Waals surface area (Å²) >= 11 is 0. The highest BCUT2D eigenvalue weighted by molar-refractivity contribution is 5.91. The first-order chi connectivity index (χ1) is 12.1. The van der Waals surface area contributed by atoms with Gasteiger partial charge >= 0.3 is 5.97 Å². The summed E-state index contributed by atoms with van der Waals surface area (Å²) in [5, 5.41) is 2.14. The second-order valence-corrected chi connectivity index (χ2v) is 5.65. The summed E-state index contributed by atoms with van der Waals surface area (Å²) in [6.07, 6.45) is 2.02. The molecule has 0 spiro atoms. The molecule has 3 rings (SSSR count). The van der Waals surface area contributed by atoms with Crippen molar-refractivity contribution in [3.8, 4) is 5.75 Å². The fourth-order valence-electron chi connectivity index (χ4n) is 2.82. The van der Waals surface area contributed by atoms with Crippen LogP contribution in [0.3, 0.4) is 0 Å². The van der Waals surface area contributed by atoms with E-state index in [-0.39, 0.29) is 12.2 Å². The number of nitrogens with one attached hydrogen (secondary N) is 1. The van der Waals surface area contributed by atoms with Crippen LogP contribution in [0.15, 0.2) is 53.5 Å². The predicted octanol–water partition coefficient (Wildman–Crippen LogP) is 3.30. The summed E-state index contributed by atoms with van der Waals surface area (Å²) in [5.41, 5.74) is 1.30. The van der Waals surface area contributed by atoms with Gasteiger partial charge in [0.1, 0.15) is 11.3 Å². The van der Waals surface area contributed by atoms with Gasteiger partial charge in [0.2, 0.25) is 0 Å². The first kappa shape index (κ1) is 16.8. The Morgan fingerprint density at radius 2 is 1.84 bits per heavy atom. The molecule has 25 heavy (non-hydrogen) atoms. The Bertz CT molecular complexity index is 975. The molecule has 0 amide bonds. The van der Waals surface area contributed by atoms with Crippen molar-refractivity contribution in [2.24, 2.45) is 0 Å². The molecule has 5 nitrogen and oxygen atoms in total. The number of aromatic amines is 1. The summed E-state index contributed by atoms with van der Waals surface area (Å²) in [4.78, 5) is 26.7. The van der Waals surface area contributed by atoms with E-state index in [0.717, 1.165) is 22.1 Å². The van der Waals surface area contributed by atoms with Crippen molar-refractivity contribution in [3.05, 3.63) is 75.7 Å². The number of carbonyl (C=O) groups excluding carboxylic acids is 1. The maximum absolute atomic E-state index is 12.1. The predicted molar refractivity (Wildman–Crippen MR) is 96.3 cm³/mol. The van der Waals surface area contributed by atoms with Crippen LogP contribution in [0.1, 0.15) is 28.4 Å². The van der Waals surface area contributed by atoms with Gasteiger partial charge in [0.05, 0.1) is 13.7 Å². The average Bonchev–Trinajstić information content (AvgIpc) is 2.61. The summed E-state index contributed by atoms with van der Waals surface area (Å²) in [6, 6.07) is 13.6.